The lowest BCUT2D eigenvalue weighted by Crippen LogP contribution is -2.30. The summed E-state index contributed by atoms with van der Waals surface area (Å²) in [6, 6.07) is 11.6. The number of methoxy groups -OCH3 is 3. The number of carbonyl (C=O) groups is 1. The number of benzene rings is 2. The third-order valence-corrected chi connectivity index (χ3v) is 4.71. The molecule has 1 aliphatic carbocycles. The van der Waals surface area contributed by atoms with Gasteiger partial charge in [0.15, 0.2) is 11.5 Å². The quantitative estimate of drug-likeness (QED) is 0.906. The molecule has 0 bridgehead atoms. The summed E-state index contributed by atoms with van der Waals surface area (Å²) in [4.78, 5) is 12.8. The zero-order chi connectivity index (χ0) is 18.0. The first-order chi connectivity index (χ1) is 12.1. The Labute approximate surface area is 147 Å². The molecule has 132 valence electrons. The van der Waals surface area contributed by atoms with Crippen molar-refractivity contribution in [2.45, 2.75) is 19.4 Å². The summed E-state index contributed by atoms with van der Waals surface area (Å²) in [6.45, 7) is 2.15. The van der Waals surface area contributed by atoms with Gasteiger partial charge in [-0.1, -0.05) is 31.2 Å². The lowest BCUT2D eigenvalue weighted by Gasteiger charge is -2.20. The van der Waals surface area contributed by atoms with Gasteiger partial charge in [0.05, 0.1) is 27.4 Å². The second kappa shape index (κ2) is 7.05. The molecule has 2 unspecified atom stereocenters. The molecule has 0 spiro atoms. The van der Waals surface area contributed by atoms with Crippen molar-refractivity contribution in [3.05, 3.63) is 53.1 Å². The minimum absolute atomic E-state index is 0.00258. The maximum atomic E-state index is 12.8. The Morgan fingerprint density at radius 2 is 1.68 bits per heavy atom. The maximum Gasteiger partial charge on any atom is 0.252 e. The van der Waals surface area contributed by atoms with Gasteiger partial charge in [-0.25, -0.2) is 0 Å². The molecule has 0 aromatic heterocycles. The highest BCUT2D eigenvalue weighted by atomic mass is 16.5. The first kappa shape index (κ1) is 17.1. The number of hydrogen-bond acceptors (Lipinski definition) is 4. The van der Waals surface area contributed by atoms with Crippen LogP contribution in [0.25, 0.3) is 0 Å². The summed E-state index contributed by atoms with van der Waals surface area (Å²) in [5, 5.41) is 3.15. The van der Waals surface area contributed by atoms with E-state index >= 15 is 0 Å². The second-order valence-electron chi connectivity index (χ2n) is 6.25. The summed E-state index contributed by atoms with van der Waals surface area (Å²) < 4.78 is 16.0. The van der Waals surface area contributed by atoms with Crippen molar-refractivity contribution >= 4 is 5.91 Å². The first-order valence-corrected chi connectivity index (χ1v) is 8.27. The average molecular weight is 341 g/mol. The van der Waals surface area contributed by atoms with Crippen molar-refractivity contribution in [1.82, 2.24) is 5.32 Å². The monoisotopic (exact) mass is 341 g/mol. The lowest BCUT2D eigenvalue weighted by atomic mass is 10.0. The molecule has 1 aliphatic rings. The van der Waals surface area contributed by atoms with E-state index in [-0.39, 0.29) is 11.9 Å². The van der Waals surface area contributed by atoms with Crippen molar-refractivity contribution in [3.8, 4) is 17.2 Å². The van der Waals surface area contributed by atoms with E-state index < -0.39 is 0 Å². The number of amides is 1. The standard InChI is InChI=1S/C20H23NO4/c1-12-9-13-7-5-6-8-15(13)18(12)21-20(22)14-10-16(23-2)19(25-4)17(11-14)24-3/h5-8,10-12,18H,9H2,1-4H3,(H,21,22). The number of hydrogen-bond donors (Lipinski definition) is 1. The van der Waals surface area contributed by atoms with E-state index in [9.17, 15) is 4.79 Å². The normalized spacial score (nSPS) is 18.4. The Morgan fingerprint density at radius 1 is 1.04 bits per heavy atom. The van der Waals surface area contributed by atoms with Crippen LogP contribution in [0.5, 0.6) is 17.2 Å². The van der Waals surface area contributed by atoms with Crippen LogP contribution in [0.2, 0.25) is 0 Å². The van der Waals surface area contributed by atoms with Gasteiger partial charge in [0.2, 0.25) is 5.75 Å². The van der Waals surface area contributed by atoms with E-state index in [1.54, 1.807) is 12.1 Å². The van der Waals surface area contributed by atoms with E-state index in [4.69, 9.17) is 14.2 Å². The molecule has 25 heavy (non-hydrogen) atoms. The molecule has 2 atom stereocenters. The number of rotatable bonds is 5. The number of ether oxygens (including phenoxy) is 3. The van der Waals surface area contributed by atoms with Crippen LogP contribution in [0.1, 0.15) is 34.5 Å². The van der Waals surface area contributed by atoms with E-state index in [0.29, 0.717) is 28.7 Å². The van der Waals surface area contributed by atoms with Crippen molar-refractivity contribution < 1.29 is 19.0 Å². The highest BCUT2D eigenvalue weighted by Crippen LogP contribution is 2.39. The molecule has 2 aromatic rings. The van der Waals surface area contributed by atoms with Crippen LogP contribution in [0.15, 0.2) is 36.4 Å². The fourth-order valence-electron chi connectivity index (χ4n) is 3.45. The number of fused-ring (bicyclic) bond motifs is 1. The van der Waals surface area contributed by atoms with Gasteiger partial charge in [0.25, 0.3) is 5.91 Å². The molecule has 3 rings (SSSR count). The highest BCUT2D eigenvalue weighted by Gasteiger charge is 2.30. The average Bonchev–Trinajstić information content (AvgIpc) is 2.95. The van der Waals surface area contributed by atoms with Crippen molar-refractivity contribution in [2.75, 3.05) is 21.3 Å². The smallest absolute Gasteiger partial charge is 0.252 e. The van der Waals surface area contributed by atoms with Crippen LogP contribution in [0.4, 0.5) is 0 Å². The first-order valence-electron chi connectivity index (χ1n) is 8.27. The van der Waals surface area contributed by atoms with Crippen molar-refractivity contribution in [1.29, 1.82) is 0 Å². The molecule has 0 saturated heterocycles. The predicted octanol–water partition coefficient (Wildman–Crippen LogP) is 3.38. The van der Waals surface area contributed by atoms with Crippen molar-refractivity contribution in [3.63, 3.8) is 0 Å². The molecule has 5 nitrogen and oxygen atoms in total. The Balaban J connectivity index is 1.89. The molecule has 0 radical (unpaired) electrons. The van der Waals surface area contributed by atoms with Crippen LogP contribution >= 0.6 is 0 Å². The van der Waals surface area contributed by atoms with Crippen LogP contribution in [-0.4, -0.2) is 27.2 Å². The van der Waals surface area contributed by atoms with Gasteiger partial charge in [-0.3, -0.25) is 4.79 Å². The van der Waals surface area contributed by atoms with Gasteiger partial charge < -0.3 is 19.5 Å². The highest BCUT2D eigenvalue weighted by molar-refractivity contribution is 5.96. The van der Waals surface area contributed by atoms with Crippen molar-refractivity contribution in [2.24, 2.45) is 5.92 Å². The summed E-state index contributed by atoms with van der Waals surface area (Å²) >= 11 is 0. The van der Waals surface area contributed by atoms with Gasteiger partial charge in [-0.15, -0.1) is 0 Å². The third kappa shape index (κ3) is 3.14. The molecule has 5 heteroatoms. The van der Waals surface area contributed by atoms with E-state index in [0.717, 1.165) is 6.42 Å². The van der Waals surface area contributed by atoms with Crippen LogP contribution in [-0.2, 0) is 6.42 Å². The molecule has 1 amide bonds. The third-order valence-electron chi connectivity index (χ3n) is 4.71. The molecule has 0 fully saturated rings. The second-order valence-corrected chi connectivity index (χ2v) is 6.25. The summed E-state index contributed by atoms with van der Waals surface area (Å²) in [7, 11) is 4.61. The number of carbonyl (C=O) groups excluding carboxylic acids is 1. The minimum atomic E-state index is -0.159. The topological polar surface area (TPSA) is 56.8 Å². The van der Waals surface area contributed by atoms with E-state index in [1.165, 1.54) is 32.5 Å². The Kier molecular flexibility index (Phi) is 4.83. The lowest BCUT2D eigenvalue weighted by molar-refractivity contribution is 0.0926. The Hall–Kier alpha value is -2.69. The van der Waals surface area contributed by atoms with Gasteiger partial charge >= 0.3 is 0 Å². The molecule has 0 saturated carbocycles. The minimum Gasteiger partial charge on any atom is -0.493 e. The molecular formula is C20H23NO4. The van der Waals surface area contributed by atoms with Gasteiger partial charge in [0.1, 0.15) is 0 Å². The zero-order valence-electron chi connectivity index (χ0n) is 15.0. The van der Waals surface area contributed by atoms with Crippen LogP contribution in [0, 0.1) is 5.92 Å². The predicted molar refractivity (Wildman–Crippen MR) is 95.6 cm³/mol. The molecular weight excluding hydrogens is 318 g/mol. The largest absolute Gasteiger partial charge is 0.493 e. The molecule has 1 N–H and O–H groups in total. The fraction of sp³-hybridized carbons (Fsp3) is 0.350. The molecule has 0 heterocycles. The zero-order valence-corrected chi connectivity index (χ0v) is 15.0. The van der Waals surface area contributed by atoms with E-state index in [2.05, 4.69) is 24.4 Å². The van der Waals surface area contributed by atoms with Crippen LogP contribution < -0.4 is 19.5 Å². The molecule has 2 aromatic carbocycles. The maximum absolute atomic E-state index is 12.8. The van der Waals surface area contributed by atoms with E-state index in [1.807, 2.05) is 12.1 Å². The van der Waals surface area contributed by atoms with Crippen LogP contribution in [0.3, 0.4) is 0 Å². The molecule has 0 aliphatic heterocycles. The summed E-state index contributed by atoms with van der Waals surface area (Å²) in [5.41, 5.74) is 2.96. The summed E-state index contributed by atoms with van der Waals surface area (Å²) in [5.74, 6) is 1.59. The fourth-order valence-corrected chi connectivity index (χ4v) is 3.45. The summed E-state index contributed by atoms with van der Waals surface area (Å²) in [6.07, 6.45) is 0.969. The van der Waals surface area contributed by atoms with Gasteiger partial charge in [0, 0.05) is 5.56 Å². The SMILES string of the molecule is COc1cc(C(=O)NC2c3ccccc3CC2C)cc(OC)c1OC. The number of nitrogens with one attached hydrogen (secondary N) is 1. The van der Waals surface area contributed by atoms with Gasteiger partial charge in [-0.2, -0.15) is 0 Å². The van der Waals surface area contributed by atoms with Gasteiger partial charge in [-0.05, 0) is 35.6 Å². The Bertz CT molecular complexity index is 762. The Morgan fingerprint density at radius 3 is 2.28 bits per heavy atom.